The van der Waals surface area contributed by atoms with Gasteiger partial charge in [-0.15, -0.1) is 0 Å². The Hall–Kier alpha value is -1.06. The van der Waals surface area contributed by atoms with Crippen molar-refractivity contribution in [3.8, 4) is 5.75 Å². The predicted octanol–water partition coefficient (Wildman–Crippen LogP) is 1.75. The van der Waals surface area contributed by atoms with Crippen LogP contribution in [0.4, 0.5) is 0 Å². The number of hydrogen-bond donors (Lipinski definition) is 1. The third-order valence-corrected chi connectivity index (χ3v) is 3.58. The van der Waals surface area contributed by atoms with Gasteiger partial charge in [-0.1, -0.05) is 19.1 Å². The van der Waals surface area contributed by atoms with Gasteiger partial charge in [-0.3, -0.25) is 0 Å². The Morgan fingerprint density at radius 1 is 1.41 bits per heavy atom. The first-order valence-electron chi connectivity index (χ1n) is 6.29. The fourth-order valence-corrected chi connectivity index (χ4v) is 2.40. The fourth-order valence-electron chi connectivity index (χ4n) is 2.40. The topological polar surface area (TPSA) is 30.5 Å². The number of benzene rings is 1. The molecule has 2 aliphatic rings. The highest BCUT2D eigenvalue weighted by Gasteiger charge is 2.34. The molecule has 17 heavy (non-hydrogen) atoms. The molecule has 2 heterocycles. The molecule has 0 radical (unpaired) electrons. The maximum atomic E-state index is 5.99. The van der Waals surface area contributed by atoms with E-state index in [1.807, 2.05) is 0 Å². The SMILES string of the molecule is CC1(COc2cccc3c2CNCC3)COC1. The Labute approximate surface area is 102 Å². The van der Waals surface area contributed by atoms with Gasteiger partial charge in [0, 0.05) is 17.5 Å². The number of fused-ring (bicyclic) bond motifs is 1. The van der Waals surface area contributed by atoms with Crippen molar-refractivity contribution in [2.75, 3.05) is 26.4 Å². The van der Waals surface area contributed by atoms with E-state index in [4.69, 9.17) is 9.47 Å². The van der Waals surface area contributed by atoms with E-state index in [9.17, 15) is 0 Å². The molecular formula is C14H19NO2. The smallest absolute Gasteiger partial charge is 0.124 e. The first kappa shape index (κ1) is 11.1. The Balaban J connectivity index is 1.74. The molecule has 0 saturated carbocycles. The molecule has 3 heteroatoms. The Kier molecular flexibility index (Phi) is 2.81. The first-order chi connectivity index (χ1) is 8.27. The van der Waals surface area contributed by atoms with Crippen molar-refractivity contribution in [3.05, 3.63) is 29.3 Å². The molecular weight excluding hydrogens is 214 g/mol. The van der Waals surface area contributed by atoms with Crippen LogP contribution >= 0.6 is 0 Å². The van der Waals surface area contributed by atoms with Crippen LogP contribution in [0.5, 0.6) is 5.75 Å². The van der Waals surface area contributed by atoms with Crippen molar-refractivity contribution >= 4 is 0 Å². The molecule has 1 aromatic rings. The first-order valence-corrected chi connectivity index (χ1v) is 6.29. The Morgan fingerprint density at radius 2 is 2.29 bits per heavy atom. The number of nitrogens with one attached hydrogen (secondary N) is 1. The number of rotatable bonds is 3. The van der Waals surface area contributed by atoms with Gasteiger partial charge in [-0.05, 0) is 24.6 Å². The van der Waals surface area contributed by atoms with E-state index >= 15 is 0 Å². The normalized spacial score (nSPS) is 21.5. The van der Waals surface area contributed by atoms with Crippen molar-refractivity contribution in [2.45, 2.75) is 19.9 Å². The molecule has 3 nitrogen and oxygen atoms in total. The lowest BCUT2D eigenvalue weighted by molar-refractivity contribution is -0.120. The van der Waals surface area contributed by atoms with Crippen molar-refractivity contribution in [1.29, 1.82) is 0 Å². The van der Waals surface area contributed by atoms with Gasteiger partial charge >= 0.3 is 0 Å². The zero-order chi connectivity index (χ0) is 11.7. The maximum Gasteiger partial charge on any atom is 0.124 e. The van der Waals surface area contributed by atoms with Crippen LogP contribution in [0, 0.1) is 5.41 Å². The van der Waals surface area contributed by atoms with Crippen molar-refractivity contribution in [1.82, 2.24) is 5.32 Å². The van der Waals surface area contributed by atoms with Crippen LogP contribution in [0.2, 0.25) is 0 Å². The van der Waals surface area contributed by atoms with Crippen LogP contribution in [-0.4, -0.2) is 26.4 Å². The zero-order valence-electron chi connectivity index (χ0n) is 10.3. The molecule has 1 N–H and O–H groups in total. The van der Waals surface area contributed by atoms with E-state index in [0.29, 0.717) is 0 Å². The molecule has 0 spiro atoms. The van der Waals surface area contributed by atoms with Crippen LogP contribution in [-0.2, 0) is 17.7 Å². The molecule has 0 aromatic heterocycles. The lowest BCUT2D eigenvalue weighted by Crippen LogP contribution is -2.44. The molecule has 3 rings (SSSR count). The molecule has 0 amide bonds. The van der Waals surface area contributed by atoms with Gasteiger partial charge in [0.2, 0.25) is 0 Å². The van der Waals surface area contributed by atoms with Gasteiger partial charge in [0.15, 0.2) is 0 Å². The largest absolute Gasteiger partial charge is 0.492 e. The van der Waals surface area contributed by atoms with Gasteiger partial charge in [0.1, 0.15) is 5.75 Å². The second-order valence-electron chi connectivity index (χ2n) is 5.41. The third kappa shape index (κ3) is 2.17. The molecule has 1 saturated heterocycles. The summed E-state index contributed by atoms with van der Waals surface area (Å²) in [4.78, 5) is 0. The standard InChI is InChI=1S/C14H19NO2/c1-14(8-16-9-14)10-17-13-4-2-3-11-5-6-15-7-12(11)13/h2-4,15H,5-10H2,1H3. The van der Waals surface area contributed by atoms with E-state index in [0.717, 1.165) is 45.1 Å². The molecule has 0 atom stereocenters. The molecule has 0 aliphatic carbocycles. The van der Waals surface area contributed by atoms with Gasteiger partial charge in [-0.2, -0.15) is 0 Å². The molecule has 2 aliphatic heterocycles. The highest BCUT2D eigenvalue weighted by Crippen LogP contribution is 2.30. The highest BCUT2D eigenvalue weighted by molar-refractivity contribution is 5.41. The summed E-state index contributed by atoms with van der Waals surface area (Å²) in [6, 6.07) is 6.38. The summed E-state index contributed by atoms with van der Waals surface area (Å²) in [7, 11) is 0. The van der Waals surface area contributed by atoms with E-state index in [2.05, 4.69) is 30.4 Å². The molecule has 0 bridgehead atoms. The number of ether oxygens (including phenoxy) is 2. The minimum atomic E-state index is 0.213. The van der Waals surface area contributed by atoms with Crippen molar-refractivity contribution in [2.24, 2.45) is 5.41 Å². The summed E-state index contributed by atoms with van der Waals surface area (Å²) in [6.45, 7) is 6.61. The summed E-state index contributed by atoms with van der Waals surface area (Å²) in [5, 5.41) is 3.40. The van der Waals surface area contributed by atoms with Gasteiger partial charge in [0.05, 0.1) is 19.8 Å². The van der Waals surface area contributed by atoms with Crippen LogP contribution in [0.25, 0.3) is 0 Å². The van der Waals surface area contributed by atoms with E-state index in [1.165, 1.54) is 11.1 Å². The summed E-state index contributed by atoms with van der Waals surface area (Å²) < 4.78 is 11.2. The van der Waals surface area contributed by atoms with Gasteiger partial charge in [-0.25, -0.2) is 0 Å². The van der Waals surface area contributed by atoms with Crippen LogP contribution in [0.3, 0.4) is 0 Å². The molecule has 92 valence electrons. The van der Waals surface area contributed by atoms with Crippen LogP contribution in [0.15, 0.2) is 18.2 Å². The minimum absolute atomic E-state index is 0.213. The maximum absolute atomic E-state index is 5.99. The van der Waals surface area contributed by atoms with Gasteiger partial charge in [0.25, 0.3) is 0 Å². The average Bonchev–Trinajstić information content (AvgIpc) is 2.34. The lowest BCUT2D eigenvalue weighted by Gasteiger charge is -2.37. The molecule has 1 aromatic carbocycles. The fraction of sp³-hybridized carbons (Fsp3) is 0.571. The van der Waals surface area contributed by atoms with Crippen molar-refractivity contribution < 1.29 is 9.47 Å². The highest BCUT2D eigenvalue weighted by atomic mass is 16.5. The second kappa shape index (κ2) is 4.31. The van der Waals surface area contributed by atoms with Gasteiger partial charge < -0.3 is 14.8 Å². The van der Waals surface area contributed by atoms with Crippen LogP contribution in [0.1, 0.15) is 18.1 Å². The van der Waals surface area contributed by atoms with Crippen molar-refractivity contribution in [3.63, 3.8) is 0 Å². The van der Waals surface area contributed by atoms with E-state index in [-0.39, 0.29) is 5.41 Å². The minimum Gasteiger partial charge on any atom is -0.492 e. The van der Waals surface area contributed by atoms with E-state index in [1.54, 1.807) is 0 Å². The average molecular weight is 233 g/mol. The summed E-state index contributed by atoms with van der Waals surface area (Å²) in [5.74, 6) is 1.04. The predicted molar refractivity (Wildman–Crippen MR) is 66.3 cm³/mol. The summed E-state index contributed by atoms with van der Waals surface area (Å²) in [5.41, 5.74) is 2.98. The van der Waals surface area contributed by atoms with Crippen LogP contribution < -0.4 is 10.1 Å². The monoisotopic (exact) mass is 233 g/mol. The molecule has 0 unspecified atom stereocenters. The Morgan fingerprint density at radius 3 is 3.06 bits per heavy atom. The van der Waals surface area contributed by atoms with E-state index < -0.39 is 0 Å². The zero-order valence-corrected chi connectivity index (χ0v) is 10.3. The summed E-state index contributed by atoms with van der Waals surface area (Å²) >= 11 is 0. The molecule has 1 fully saturated rings. The third-order valence-electron chi connectivity index (χ3n) is 3.58. The second-order valence-corrected chi connectivity index (χ2v) is 5.41. The quantitative estimate of drug-likeness (QED) is 0.862. The Bertz CT molecular complexity index is 413. The lowest BCUT2D eigenvalue weighted by atomic mass is 9.90. The number of hydrogen-bond acceptors (Lipinski definition) is 3. The summed E-state index contributed by atoms with van der Waals surface area (Å²) in [6.07, 6.45) is 1.10.